The van der Waals surface area contributed by atoms with Crippen LogP contribution in [0.3, 0.4) is 0 Å². The van der Waals surface area contributed by atoms with Crippen LogP contribution in [0, 0.1) is 5.82 Å². The Morgan fingerprint density at radius 3 is 2.35 bits per heavy atom. The molecule has 0 heterocycles. The molecule has 4 rings (SSSR count). The van der Waals surface area contributed by atoms with Crippen molar-refractivity contribution in [3.63, 3.8) is 0 Å². The average Bonchev–Trinajstić information content (AvgIpc) is 3.32. The predicted molar refractivity (Wildman–Crippen MR) is 129 cm³/mol. The van der Waals surface area contributed by atoms with E-state index in [1.165, 1.54) is 37.3 Å². The number of carboxylic acids is 1. The number of carboxylic acid groups (broad SMARTS) is 1. The van der Waals surface area contributed by atoms with E-state index in [0.717, 1.165) is 18.6 Å². The summed E-state index contributed by atoms with van der Waals surface area (Å²) in [4.78, 5) is 23.3. The monoisotopic (exact) mass is 515 g/mol. The fourth-order valence-electron chi connectivity index (χ4n) is 4.89. The van der Waals surface area contributed by atoms with E-state index >= 15 is 0 Å². The van der Waals surface area contributed by atoms with Crippen molar-refractivity contribution < 1.29 is 37.0 Å². The first-order chi connectivity index (χ1) is 17.5. The van der Waals surface area contributed by atoms with Gasteiger partial charge >= 0.3 is 12.1 Å². The van der Waals surface area contributed by atoms with Crippen molar-refractivity contribution in [1.29, 1.82) is 0 Å². The Morgan fingerprint density at radius 1 is 1.00 bits per heavy atom. The van der Waals surface area contributed by atoms with Gasteiger partial charge < -0.3 is 15.2 Å². The summed E-state index contributed by atoms with van der Waals surface area (Å²) in [6, 6.07) is 13.7. The van der Waals surface area contributed by atoms with Gasteiger partial charge in [-0.15, -0.1) is 0 Å². The first-order valence-electron chi connectivity index (χ1n) is 11.8. The highest BCUT2D eigenvalue weighted by Crippen LogP contribution is 2.50. The zero-order valence-electron chi connectivity index (χ0n) is 19.9. The number of rotatable bonds is 7. The second-order valence-electron chi connectivity index (χ2n) is 9.10. The smallest absolute Gasteiger partial charge is 0.416 e. The minimum Gasteiger partial charge on any atom is -0.489 e. The molecule has 1 fully saturated rings. The Labute approximate surface area is 211 Å². The molecular formula is C28H25F4NO4. The third kappa shape index (κ3) is 6.10. The summed E-state index contributed by atoms with van der Waals surface area (Å²) in [6.07, 6.45) is -2.57. The van der Waals surface area contributed by atoms with Gasteiger partial charge in [0.1, 0.15) is 18.2 Å². The van der Waals surface area contributed by atoms with E-state index in [4.69, 9.17) is 4.74 Å². The molecule has 194 valence electrons. The lowest BCUT2D eigenvalue weighted by Gasteiger charge is -2.25. The number of carbonyl (C=O) groups excluding carboxylic acids is 1. The van der Waals surface area contributed by atoms with Crippen molar-refractivity contribution in [2.45, 2.75) is 50.8 Å². The minimum absolute atomic E-state index is 0.0462. The van der Waals surface area contributed by atoms with Crippen molar-refractivity contribution >= 4 is 17.6 Å². The molecule has 1 saturated carbocycles. The second-order valence-corrected chi connectivity index (χ2v) is 9.10. The number of alkyl halides is 3. The van der Waals surface area contributed by atoms with Crippen LogP contribution in [0.4, 0.5) is 23.2 Å². The lowest BCUT2D eigenvalue weighted by Crippen LogP contribution is -2.14. The number of carbonyl (C=O) groups is 2. The van der Waals surface area contributed by atoms with Gasteiger partial charge in [-0.2, -0.15) is 13.2 Å². The van der Waals surface area contributed by atoms with E-state index in [0.29, 0.717) is 35.3 Å². The molecule has 2 N–H and O–H groups in total. The van der Waals surface area contributed by atoms with Gasteiger partial charge in [0.15, 0.2) is 0 Å². The molecule has 37 heavy (non-hydrogen) atoms. The van der Waals surface area contributed by atoms with Gasteiger partial charge in [-0.05, 0) is 83.8 Å². The summed E-state index contributed by atoms with van der Waals surface area (Å²) < 4.78 is 60.0. The summed E-state index contributed by atoms with van der Waals surface area (Å²) in [7, 11) is 0. The van der Waals surface area contributed by atoms with Crippen LogP contribution >= 0.6 is 0 Å². The normalized spacial score (nSPS) is 17.4. The molecule has 0 saturated heterocycles. The van der Waals surface area contributed by atoms with Gasteiger partial charge in [0.2, 0.25) is 5.91 Å². The number of aromatic carboxylic acids is 1. The molecule has 0 bridgehead atoms. The van der Waals surface area contributed by atoms with E-state index in [2.05, 4.69) is 5.32 Å². The van der Waals surface area contributed by atoms with Crippen LogP contribution in [0.15, 0.2) is 60.7 Å². The molecule has 9 heteroatoms. The van der Waals surface area contributed by atoms with Crippen LogP contribution in [0.1, 0.15) is 70.6 Å². The number of hydrogen-bond donors (Lipinski definition) is 2. The SMILES string of the molecule is CC(=O)Nc1ccc(C2CCCC2c2cc(C(F)(F)F)ccc2OCc2ccc(F)cc2)cc1C(=O)O. The summed E-state index contributed by atoms with van der Waals surface area (Å²) in [5.74, 6) is -2.34. The average molecular weight is 516 g/mol. The quantitative estimate of drug-likeness (QED) is 0.328. The highest BCUT2D eigenvalue weighted by Gasteiger charge is 2.36. The van der Waals surface area contributed by atoms with E-state index in [1.54, 1.807) is 18.2 Å². The number of ether oxygens (including phenoxy) is 1. The zero-order chi connectivity index (χ0) is 26.7. The third-order valence-corrected chi connectivity index (χ3v) is 6.57. The summed E-state index contributed by atoms with van der Waals surface area (Å²) in [5, 5.41) is 12.2. The Hall–Kier alpha value is -3.88. The molecule has 1 aliphatic rings. The van der Waals surface area contributed by atoms with Gasteiger partial charge in [0.25, 0.3) is 0 Å². The van der Waals surface area contributed by atoms with Crippen molar-refractivity contribution in [2.24, 2.45) is 0 Å². The van der Waals surface area contributed by atoms with Crippen molar-refractivity contribution in [3.8, 4) is 5.75 Å². The fraction of sp³-hybridized carbons (Fsp3) is 0.286. The molecule has 0 radical (unpaired) electrons. The molecule has 0 aliphatic heterocycles. The number of anilines is 1. The van der Waals surface area contributed by atoms with E-state index in [-0.39, 0.29) is 29.7 Å². The standard InChI is InChI=1S/C28H25F4NO4/c1-16(34)33-25-11-7-18(13-24(25)27(35)36)21-3-2-4-22(21)23-14-19(28(30,31)32)8-12-26(23)37-15-17-5-9-20(29)10-6-17/h5-14,21-22H,2-4,15H2,1H3,(H,33,34)(H,35,36). The summed E-state index contributed by atoms with van der Waals surface area (Å²) in [6.45, 7) is 1.32. The highest BCUT2D eigenvalue weighted by molar-refractivity contribution is 6.00. The fourth-order valence-corrected chi connectivity index (χ4v) is 4.89. The lowest BCUT2D eigenvalue weighted by molar-refractivity contribution is -0.137. The van der Waals surface area contributed by atoms with Crippen LogP contribution in [0.5, 0.6) is 5.75 Å². The van der Waals surface area contributed by atoms with Gasteiger partial charge in [-0.1, -0.05) is 24.6 Å². The van der Waals surface area contributed by atoms with Crippen molar-refractivity contribution in [3.05, 3.63) is 94.3 Å². The Morgan fingerprint density at radius 2 is 1.70 bits per heavy atom. The van der Waals surface area contributed by atoms with Gasteiger partial charge in [0, 0.05) is 6.92 Å². The van der Waals surface area contributed by atoms with Crippen molar-refractivity contribution in [1.82, 2.24) is 0 Å². The van der Waals surface area contributed by atoms with Crippen LogP contribution in [0.2, 0.25) is 0 Å². The zero-order valence-corrected chi connectivity index (χ0v) is 19.9. The summed E-state index contributed by atoms with van der Waals surface area (Å²) in [5.41, 5.74) is 0.985. The Bertz CT molecular complexity index is 1300. The number of benzene rings is 3. The van der Waals surface area contributed by atoms with Crippen LogP contribution in [-0.4, -0.2) is 17.0 Å². The van der Waals surface area contributed by atoms with Crippen LogP contribution < -0.4 is 10.1 Å². The number of halogens is 4. The molecule has 1 amide bonds. The topological polar surface area (TPSA) is 75.6 Å². The molecule has 5 nitrogen and oxygen atoms in total. The first-order valence-corrected chi connectivity index (χ1v) is 11.8. The van der Waals surface area contributed by atoms with Crippen LogP contribution in [0.25, 0.3) is 0 Å². The molecule has 2 unspecified atom stereocenters. The third-order valence-electron chi connectivity index (χ3n) is 6.57. The molecule has 1 aliphatic carbocycles. The second kappa shape index (κ2) is 10.6. The first kappa shape index (κ1) is 26.2. The number of nitrogens with one attached hydrogen (secondary N) is 1. The highest BCUT2D eigenvalue weighted by atomic mass is 19.4. The molecule has 2 atom stereocenters. The maximum absolute atomic E-state index is 13.6. The number of amides is 1. The van der Waals surface area contributed by atoms with Gasteiger partial charge in [0.05, 0.1) is 16.8 Å². The van der Waals surface area contributed by atoms with Crippen LogP contribution in [-0.2, 0) is 17.6 Å². The molecule has 3 aromatic rings. The van der Waals surface area contributed by atoms with Crippen molar-refractivity contribution in [2.75, 3.05) is 5.32 Å². The largest absolute Gasteiger partial charge is 0.489 e. The van der Waals surface area contributed by atoms with E-state index in [9.17, 15) is 32.3 Å². The maximum Gasteiger partial charge on any atom is 0.416 e. The Kier molecular flexibility index (Phi) is 7.52. The number of hydrogen-bond acceptors (Lipinski definition) is 3. The molecule has 0 aromatic heterocycles. The lowest BCUT2D eigenvalue weighted by atomic mass is 9.82. The molecule has 3 aromatic carbocycles. The molecular weight excluding hydrogens is 490 g/mol. The maximum atomic E-state index is 13.6. The van der Waals surface area contributed by atoms with Gasteiger partial charge in [-0.25, -0.2) is 9.18 Å². The molecule has 0 spiro atoms. The predicted octanol–water partition coefficient (Wildman–Crippen LogP) is 7.13. The minimum atomic E-state index is -4.55. The Balaban J connectivity index is 1.70. The van der Waals surface area contributed by atoms with E-state index < -0.39 is 29.4 Å². The van der Waals surface area contributed by atoms with Gasteiger partial charge in [-0.3, -0.25) is 4.79 Å². The van der Waals surface area contributed by atoms with E-state index in [1.807, 2.05) is 0 Å². The summed E-state index contributed by atoms with van der Waals surface area (Å²) >= 11 is 0.